The first-order valence-electron chi connectivity index (χ1n) is 8.93. The first kappa shape index (κ1) is 21.1. The summed E-state index contributed by atoms with van der Waals surface area (Å²) >= 11 is 0. The van der Waals surface area contributed by atoms with Gasteiger partial charge in [-0.1, -0.05) is 42.4 Å². The van der Waals surface area contributed by atoms with Gasteiger partial charge in [0.15, 0.2) is 5.76 Å². The fraction of sp³-hybridized carbons (Fsp3) is 0.263. The van der Waals surface area contributed by atoms with Gasteiger partial charge >= 0.3 is 12.1 Å². The maximum Gasteiger partial charge on any atom is 0.452 e. The van der Waals surface area contributed by atoms with E-state index in [-0.39, 0.29) is 11.5 Å². The Morgan fingerprint density at radius 3 is 2.45 bits per heavy atom. The summed E-state index contributed by atoms with van der Waals surface area (Å²) in [5.41, 5.74) is -1.49. The van der Waals surface area contributed by atoms with Crippen molar-refractivity contribution in [2.45, 2.75) is 29.6 Å². The number of hydrogen-bond donors (Lipinski definition) is 2. The first-order chi connectivity index (χ1) is 14.5. The number of hydrogen-bond acceptors (Lipinski definition) is 6. The minimum atomic E-state index is -4.77. The summed E-state index contributed by atoms with van der Waals surface area (Å²) in [5.74, 6) is -4.17. The van der Waals surface area contributed by atoms with Gasteiger partial charge in [-0.05, 0) is 23.6 Å². The van der Waals surface area contributed by atoms with Crippen LogP contribution in [0.1, 0.15) is 24.2 Å². The number of rotatable bonds is 6. The molecule has 2 N–H and O–H groups in total. The molecule has 3 atom stereocenters. The van der Waals surface area contributed by atoms with Crippen LogP contribution in [0.5, 0.6) is 0 Å². The van der Waals surface area contributed by atoms with Gasteiger partial charge in [-0.2, -0.15) is 17.9 Å². The van der Waals surface area contributed by atoms with Crippen molar-refractivity contribution in [3.05, 3.63) is 59.9 Å². The summed E-state index contributed by atoms with van der Waals surface area (Å²) in [6.45, 7) is 1.61. The summed E-state index contributed by atoms with van der Waals surface area (Å²) < 4.78 is 75.2. The molecule has 1 aliphatic rings. The lowest BCUT2D eigenvalue weighted by Gasteiger charge is -2.14. The van der Waals surface area contributed by atoms with Crippen LogP contribution in [0.25, 0.3) is 11.5 Å². The van der Waals surface area contributed by atoms with Crippen LogP contribution in [0, 0.1) is 5.92 Å². The van der Waals surface area contributed by atoms with Crippen LogP contribution in [-0.2, 0) is 21.0 Å². The summed E-state index contributed by atoms with van der Waals surface area (Å²) in [4.78, 5) is 12.0. The number of alkyl halides is 3. The van der Waals surface area contributed by atoms with Crippen molar-refractivity contribution in [1.29, 1.82) is 0 Å². The van der Waals surface area contributed by atoms with Crippen LogP contribution in [0.4, 0.5) is 13.2 Å². The standard InChI is InChI=1S/C19H15F3N2O6S/c1-10-16(11-5-3-2-4-6-11)18(10,17(25)26)24-31(27,28)15-8-7-13(29-15)12-9-14(30-23-12)19(20,21)22/h2-10,16,24H,1H3,(H,25,26)/t10?,16-,18-/m0/s1. The molecule has 0 saturated heterocycles. The lowest BCUT2D eigenvalue weighted by atomic mass is 10.1. The summed E-state index contributed by atoms with van der Waals surface area (Å²) in [6, 6.07) is 11.3. The van der Waals surface area contributed by atoms with Gasteiger partial charge in [0.05, 0.1) is 0 Å². The number of sulfonamides is 1. The third kappa shape index (κ3) is 3.51. The molecule has 1 unspecified atom stereocenters. The van der Waals surface area contributed by atoms with Gasteiger partial charge in [0, 0.05) is 12.0 Å². The molecule has 3 aromatic rings. The van der Waals surface area contributed by atoms with E-state index in [1.165, 1.54) is 0 Å². The van der Waals surface area contributed by atoms with Gasteiger partial charge in [0.25, 0.3) is 10.0 Å². The van der Waals surface area contributed by atoms with Crippen LogP contribution < -0.4 is 4.72 Å². The average Bonchev–Trinajstić information content (AvgIpc) is 3.13. The summed E-state index contributed by atoms with van der Waals surface area (Å²) in [7, 11) is -4.46. The number of carboxylic acid groups (broad SMARTS) is 1. The van der Waals surface area contributed by atoms with Gasteiger partial charge in [0.2, 0.25) is 10.9 Å². The zero-order chi connectivity index (χ0) is 22.6. The van der Waals surface area contributed by atoms with E-state index in [1.807, 2.05) is 0 Å². The number of benzene rings is 1. The van der Waals surface area contributed by atoms with Gasteiger partial charge in [-0.25, -0.2) is 8.42 Å². The minimum Gasteiger partial charge on any atom is -0.480 e. The van der Waals surface area contributed by atoms with E-state index in [1.54, 1.807) is 37.3 Å². The third-order valence-corrected chi connectivity index (χ3v) is 6.66. The molecule has 31 heavy (non-hydrogen) atoms. The Morgan fingerprint density at radius 1 is 1.19 bits per heavy atom. The fourth-order valence-electron chi connectivity index (χ4n) is 3.70. The molecule has 12 heteroatoms. The molecular formula is C19H15F3N2O6S. The van der Waals surface area contributed by atoms with E-state index in [4.69, 9.17) is 4.42 Å². The highest BCUT2D eigenvalue weighted by molar-refractivity contribution is 7.89. The number of carbonyl (C=O) groups is 1. The molecule has 8 nitrogen and oxygen atoms in total. The zero-order valence-electron chi connectivity index (χ0n) is 15.8. The maximum absolute atomic E-state index is 12.8. The van der Waals surface area contributed by atoms with Gasteiger partial charge in [0.1, 0.15) is 11.2 Å². The molecule has 1 fully saturated rings. The Balaban J connectivity index is 1.62. The molecule has 164 valence electrons. The zero-order valence-corrected chi connectivity index (χ0v) is 16.6. The van der Waals surface area contributed by atoms with E-state index in [0.717, 1.165) is 12.1 Å². The Kier molecular flexibility index (Phi) is 4.74. The van der Waals surface area contributed by atoms with Crippen LogP contribution in [0.3, 0.4) is 0 Å². The molecular weight excluding hydrogens is 441 g/mol. The molecule has 0 spiro atoms. The molecule has 0 amide bonds. The van der Waals surface area contributed by atoms with Crippen molar-refractivity contribution in [3.63, 3.8) is 0 Å². The van der Waals surface area contributed by atoms with Gasteiger partial charge in [-0.3, -0.25) is 4.79 Å². The minimum absolute atomic E-state index is 0.285. The molecule has 2 aromatic heterocycles. The van der Waals surface area contributed by atoms with Crippen LogP contribution >= 0.6 is 0 Å². The Hall–Kier alpha value is -3.12. The summed E-state index contributed by atoms with van der Waals surface area (Å²) in [6.07, 6.45) is -4.77. The molecule has 1 saturated carbocycles. The van der Waals surface area contributed by atoms with E-state index < -0.39 is 50.4 Å². The highest BCUT2D eigenvalue weighted by Gasteiger charge is 2.70. The molecule has 1 aromatic carbocycles. The number of nitrogens with zero attached hydrogens (tertiary/aromatic N) is 1. The predicted molar refractivity (Wildman–Crippen MR) is 98.2 cm³/mol. The van der Waals surface area contributed by atoms with E-state index in [0.29, 0.717) is 11.6 Å². The van der Waals surface area contributed by atoms with Crippen molar-refractivity contribution in [2.75, 3.05) is 0 Å². The van der Waals surface area contributed by atoms with Crippen molar-refractivity contribution >= 4 is 16.0 Å². The van der Waals surface area contributed by atoms with Crippen LogP contribution in [0.15, 0.2) is 62.6 Å². The Morgan fingerprint density at radius 2 is 1.87 bits per heavy atom. The van der Waals surface area contributed by atoms with Crippen LogP contribution in [-0.4, -0.2) is 30.2 Å². The van der Waals surface area contributed by atoms with E-state index in [9.17, 15) is 31.5 Å². The predicted octanol–water partition coefficient (Wildman–Crippen LogP) is 3.49. The van der Waals surface area contributed by atoms with Crippen molar-refractivity contribution in [1.82, 2.24) is 9.88 Å². The van der Waals surface area contributed by atoms with Gasteiger partial charge < -0.3 is 14.0 Å². The third-order valence-electron chi connectivity index (χ3n) is 5.30. The largest absolute Gasteiger partial charge is 0.480 e. The van der Waals surface area contributed by atoms with Crippen molar-refractivity contribution in [3.8, 4) is 11.5 Å². The highest BCUT2D eigenvalue weighted by atomic mass is 32.2. The SMILES string of the molecule is CC1[C@@H](c2ccccc2)[C@]1(NS(=O)(=O)c1ccc(-c2cc(C(F)(F)F)on2)o1)C(=O)O. The maximum atomic E-state index is 12.8. The second kappa shape index (κ2) is 6.95. The molecule has 0 aliphatic heterocycles. The number of carboxylic acids is 1. The smallest absolute Gasteiger partial charge is 0.452 e. The Labute approximate surface area is 173 Å². The van der Waals surface area contributed by atoms with Crippen molar-refractivity contribution < 1.29 is 40.4 Å². The highest BCUT2D eigenvalue weighted by Crippen LogP contribution is 2.58. The molecule has 0 radical (unpaired) electrons. The number of furan rings is 1. The number of aromatic nitrogens is 1. The van der Waals surface area contributed by atoms with Crippen molar-refractivity contribution in [2.24, 2.45) is 5.92 Å². The lowest BCUT2D eigenvalue weighted by molar-refractivity contribution is -0.155. The fourth-order valence-corrected chi connectivity index (χ4v) is 5.09. The molecule has 2 heterocycles. The van der Waals surface area contributed by atoms with E-state index in [2.05, 4.69) is 14.4 Å². The monoisotopic (exact) mass is 456 g/mol. The molecule has 4 rings (SSSR count). The second-order valence-corrected chi connectivity index (χ2v) is 8.76. The van der Waals surface area contributed by atoms with E-state index >= 15 is 0 Å². The average molecular weight is 456 g/mol. The quantitative estimate of drug-likeness (QED) is 0.582. The normalized spacial score (nSPS) is 23.6. The number of aliphatic carboxylic acids is 1. The lowest BCUT2D eigenvalue weighted by Crippen LogP contribution is -2.45. The number of halogens is 3. The number of nitrogens with one attached hydrogen (secondary N) is 1. The molecule has 1 aliphatic carbocycles. The second-order valence-electron chi connectivity index (χ2n) is 7.15. The van der Waals surface area contributed by atoms with Crippen LogP contribution in [0.2, 0.25) is 0 Å². The first-order valence-corrected chi connectivity index (χ1v) is 10.4. The Bertz CT molecular complexity index is 1230. The summed E-state index contributed by atoms with van der Waals surface area (Å²) in [5, 5.41) is 12.4. The molecule has 0 bridgehead atoms. The van der Waals surface area contributed by atoms with Gasteiger partial charge in [-0.15, -0.1) is 0 Å². The topological polar surface area (TPSA) is 123 Å².